The van der Waals surface area contributed by atoms with Crippen molar-refractivity contribution in [2.24, 2.45) is 0 Å². The summed E-state index contributed by atoms with van der Waals surface area (Å²) in [5, 5.41) is 7.24. The Morgan fingerprint density at radius 1 is 1.15 bits per heavy atom. The second kappa shape index (κ2) is 10.4. The lowest BCUT2D eigenvalue weighted by Crippen LogP contribution is -2.35. The largest absolute Gasteiger partial charge is 0.371 e. The fourth-order valence-corrected chi connectivity index (χ4v) is 5.09. The summed E-state index contributed by atoms with van der Waals surface area (Å²) in [5.41, 5.74) is 3.43. The van der Waals surface area contributed by atoms with Gasteiger partial charge in [-0.2, -0.15) is 0 Å². The fourth-order valence-electron chi connectivity index (χ4n) is 3.94. The summed E-state index contributed by atoms with van der Waals surface area (Å²) in [6, 6.07) is 15.0. The molecule has 0 aliphatic carbocycles. The van der Waals surface area contributed by atoms with Gasteiger partial charge in [0, 0.05) is 47.5 Å². The third kappa shape index (κ3) is 5.92. The average Bonchev–Trinajstić information content (AvgIpc) is 3.44. The molecule has 4 rings (SSSR count). The predicted molar refractivity (Wildman–Crippen MR) is 135 cm³/mol. The molecule has 1 aliphatic heterocycles. The number of nitrogens with one attached hydrogen (secondary N) is 2. The van der Waals surface area contributed by atoms with Crippen LogP contribution in [0, 0.1) is 6.92 Å². The molecule has 1 fully saturated rings. The van der Waals surface area contributed by atoms with Gasteiger partial charge >= 0.3 is 0 Å². The van der Waals surface area contributed by atoms with Gasteiger partial charge in [0.15, 0.2) is 0 Å². The van der Waals surface area contributed by atoms with Gasteiger partial charge in [-0.15, -0.1) is 11.3 Å². The van der Waals surface area contributed by atoms with Gasteiger partial charge in [0.05, 0.1) is 5.69 Å². The zero-order valence-electron chi connectivity index (χ0n) is 18.7. The highest BCUT2D eigenvalue weighted by molar-refractivity contribution is 7.17. The summed E-state index contributed by atoms with van der Waals surface area (Å²) in [4.78, 5) is 32.8. The molecular weight excluding hydrogens is 456 g/mol. The van der Waals surface area contributed by atoms with Gasteiger partial charge in [0.2, 0.25) is 5.91 Å². The van der Waals surface area contributed by atoms with Crippen molar-refractivity contribution in [2.75, 3.05) is 23.3 Å². The van der Waals surface area contributed by atoms with Crippen molar-refractivity contribution in [1.82, 2.24) is 10.3 Å². The van der Waals surface area contributed by atoms with Crippen molar-refractivity contribution >= 4 is 46.1 Å². The molecule has 6 nitrogen and oxygen atoms in total. The van der Waals surface area contributed by atoms with Crippen molar-refractivity contribution in [3.05, 3.63) is 64.1 Å². The number of carbonyl (C=O) groups is 2. The first-order valence-corrected chi connectivity index (χ1v) is 12.3. The molecule has 2 heterocycles. The van der Waals surface area contributed by atoms with Crippen LogP contribution in [0.15, 0.2) is 48.5 Å². The highest BCUT2D eigenvalue weighted by Gasteiger charge is 2.20. The Labute approximate surface area is 203 Å². The van der Waals surface area contributed by atoms with Crippen LogP contribution in [0.4, 0.5) is 11.4 Å². The highest BCUT2D eigenvalue weighted by Crippen LogP contribution is 2.29. The molecule has 2 N–H and O–H groups in total. The van der Waals surface area contributed by atoms with E-state index in [1.807, 2.05) is 50.2 Å². The number of benzene rings is 2. The van der Waals surface area contributed by atoms with E-state index in [-0.39, 0.29) is 24.3 Å². The predicted octanol–water partition coefficient (Wildman–Crippen LogP) is 5.52. The highest BCUT2D eigenvalue weighted by atomic mass is 35.5. The zero-order chi connectivity index (χ0) is 23.4. The van der Waals surface area contributed by atoms with Crippen LogP contribution in [-0.4, -0.2) is 35.9 Å². The molecule has 172 valence electrons. The van der Waals surface area contributed by atoms with Gasteiger partial charge in [0.1, 0.15) is 9.88 Å². The number of halogens is 1. The minimum atomic E-state index is -0.324. The molecule has 0 bridgehead atoms. The number of carbonyl (C=O) groups excluding carboxylic acids is 2. The Balaban J connectivity index is 1.34. The summed E-state index contributed by atoms with van der Waals surface area (Å²) in [6.45, 7) is 5.74. The molecule has 2 amide bonds. The molecule has 3 aromatic rings. The second-order valence-corrected chi connectivity index (χ2v) is 9.75. The number of aromatic nitrogens is 1. The Bertz CT molecular complexity index is 1160. The fraction of sp³-hybridized carbons (Fsp3) is 0.320. The van der Waals surface area contributed by atoms with E-state index in [1.54, 1.807) is 6.07 Å². The molecular formula is C25H27ClN4O2S. The van der Waals surface area contributed by atoms with Crippen molar-refractivity contribution in [1.29, 1.82) is 0 Å². The van der Waals surface area contributed by atoms with Gasteiger partial charge in [-0.05, 0) is 57.0 Å². The molecule has 0 saturated carbocycles. The second-order valence-electron chi connectivity index (χ2n) is 8.32. The number of amides is 2. The summed E-state index contributed by atoms with van der Waals surface area (Å²) in [6.07, 6.45) is 2.58. The normalized spacial score (nSPS) is 14.2. The van der Waals surface area contributed by atoms with Gasteiger partial charge in [-0.25, -0.2) is 4.98 Å². The first-order chi connectivity index (χ1) is 15.9. The molecule has 1 saturated heterocycles. The minimum Gasteiger partial charge on any atom is -0.371 e. The van der Waals surface area contributed by atoms with E-state index in [9.17, 15) is 9.59 Å². The van der Waals surface area contributed by atoms with Gasteiger partial charge in [0.25, 0.3) is 5.91 Å². The number of thiazole rings is 1. The Kier molecular flexibility index (Phi) is 7.30. The quantitative estimate of drug-likeness (QED) is 0.465. The molecule has 0 spiro atoms. The van der Waals surface area contributed by atoms with Gasteiger partial charge in [-0.3, -0.25) is 9.59 Å². The lowest BCUT2D eigenvalue weighted by molar-refractivity contribution is -0.116. The van der Waals surface area contributed by atoms with E-state index in [0.29, 0.717) is 15.6 Å². The van der Waals surface area contributed by atoms with Crippen LogP contribution >= 0.6 is 22.9 Å². The van der Waals surface area contributed by atoms with Crippen LogP contribution < -0.4 is 15.5 Å². The maximum Gasteiger partial charge on any atom is 0.263 e. The summed E-state index contributed by atoms with van der Waals surface area (Å²) >= 11 is 7.40. The summed E-state index contributed by atoms with van der Waals surface area (Å²) in [7, 11) is 0. The molecule has 1 aliphatic rings. The maximum absolute atomic E-state index is 12.8. The van der Waals surface area contributed by atoms with Gasteiger partial charge in [-0.1, -0.05) is 29.8 Å². The molecule has 1 aromatic heterocycles. The number of aryl methyl sites for hydroxylation is 1. The topological polar surface area (TPSA) is 74.3 Å². The Morgan fingerprint density at radius 2 is 1.91 bits per heavy atom. The van der Waals surface area contributed by atoms with E-state index in [2.05, 4.69) is 26.6 Å². The zero-order valence-corrected chi connectivity index (χ0v) is 20.3. The van der Waals surface area contributed by atoms with E-state index >= 15 is 0 Å². The van der Waals surface area contributed by atoms with E-state index in [1.165, 1.54) is 24.2 Å². The van der Waals surface area contributed by atoms with E-state index < -0.39 is 0 Å². The van der Waals surface area contributed by atoms with Crippen LogP contribution in [0.1, 0.15) is 41.6 Å². The molecule has 33 heavy (non-hydrogen) atoms. The van der Waals surface area contributed by atoms with Crippen LogP contribution in [-0.2, 0) is 4.79 Å². The van der Waals surface area contributed by atoms with Crippen molar-refractivity contribution in [2.45, 2.75) is 39.2 Å². The Morgan fingerprint density at radius 3 is 2.67 bits per heavy atom. The van der Waals surface area contributed by atoms with Crippen molar-refractivity contribution in [3.8, 4) is 10.6 Å². The lowest BCUT2D eigenvalue weighted by atomic mass is 10.2. The average molecular weight is 483 g/mol. The molecule has 1 atom stereocenters. The third-order valence-electron chi connectivity index (χ3n) is 5.54. The lowest BCUT2D eigenvalue weighted by Gasteiger charge is -2.19. The summed E-state index contributed by atoms with van der Waals surface area (Å²) < 4.78 is 0. The third-order valence-corrected chi connectivity index (χ3v) is 6.98. The van der Waals surface area contributed by atoms with Crippen molar-refractivity contribution < 1.29 is 9.59 Å². The van der Waals surface area contributed by atoms with E-state index in [0.717, 1.165) is 35.0 Å². The van der Waals surface area contributed by atoms with Crippen LogP contribution in [0.25, 0.3) is 10.6 Å². The summed E-state index contributed by atoms with van der Waals surface area (Å²) in [5.74, 6) is -0.364. The SMILES string of the molecule is Cc1nc(-c2cccc(Cl)c2)sc1C(=O)NC(C)CC(=O)Nc1cccc(N2CCCC2)c1. The molecule has 8 heteroatoms. The molecule has 2 aromatic carbocycles. The number of hydrogen-bond donors (Lipinski definition) is 2. The van der Waals surface area contributed by atoms with Crippen LogP contribution in [0.5, 0.6) is 0 Å². The maximum atomic E-state index is 12.8. The van der Waals surface area contributed by atoms with Crippen LogP contribution in [0.3, 0.4) is 0 Å². The number of hydrogen-bond acceptors (Lipinski definition) is 5. The van der Waals surface area contributed by atoms with Crippen molar-refractivity contribution in [3.63, 3.8) is 0 Å². The number of nitrogens with zero attached hydrogens (tertiary/aromatic N) is 2. The molecule has 1 unspecified atom stereocenters. The van der Waals surface area contributed by atoms with Crippen LogP contribution in [0.2, 0.25) is 5.02 Å². The first-order valence-electron chi connectivity index (χ1n) is 11.1. The number of rotatable bonds is 7. The first kappa shape index (κ1) is 23.3. The smallest absolute Gasteiger partial charge is 0.263 e. The van der Waals surface area contributed by atoms with Gasteiger partial charge < -0.3 is 15.5 Å². The standard InChI is InChI=1S/C25H27ClN4O2S/c1-16(13-22(31)29-20-9-6-10-21(15-20)30-11-3-4-12-30)27-24(32)23-17(2)28-25(33-23)18-7-5-8-19(26)14-18/h5-10,14-16H,3-4,11-13H2,1-2H3,(H,27,32)(H,29,31). The molecule has 0 radical (unpaired) electrons. The minimum absolute atomic E-state index is 0.137. The number of anilines is 2. The monoisotopic (exact) mass is 482 g/mol. The Hall–Kier alpha value is -2.90. The van der Waals surface area contributed by atoms with E-state index in [4.69, 9.17) is 11.6 Å².